The first kappa shape index (κ1) is 8.47. The molecule has 0 fully saturated rings. The van der Waals surface area contributed by atoms with Gasteiger partial charge in [0.05, 0.1) is 0 Å². The van der Waals surface area contributed by atoms with Crippen molar-refractivity contribution in [3.63, 3.8) is 0 Å². The first-order chi connectivity index (χ1) is 6.25. The Labute approximate surface area is 84.1 Å². The molecule has 0 amide bonds. The quantitative estimate of drug-likeness (QED) is 0.683. The van der Waals surface area contributed by atoms with Crippen LogP contribution in [0.1, 0.15) is 0 Å². The molecule has 0 atom stereocenters. The zero-order chi connectivity index (χ0) is 9.26. The van der Waals surface area contributed by atoms with E-state index in [4.69, 9.17) is 23.2 Å². The summed E-state index contributed by atoms with van der Waals surface area (Å²) in [5, 5.41) is 4.54. The van der Waals surface area contributed by atoms with E-state index < -0.39 is 0 Å². The Morgan fingerprint density at radius 1 is 1.15 bits per heavy atom. The number of aromatic nitrogens is 4. The maximum absolute atomic E-state index is 5.69. The molecule has 0 aliphatic heterocycles. The predicted molar refractivity (Wildman–Crippen MR) is 49.2 cm³/mol. The van der Waals surface area contributed by atoms with E-state index in [-0.39, 0.29) is 0 Å². The lowest BCUT2D eigenvalue weighted by molar-refractivity contribution is 0.808. The third-order valence-electron chi connectivity index (χ3n) is 1.36. The summed E-state index contributed by atoms with van der Waals surface area (Å²) in [4.78, 5) is 7.89. The molecule has 2 rings (SSSR count). The molecule has 0 saturated heterocycles. The van der Waals surface area contributed by atoms with Crippen molar-refractivity contribution in [2.24, 2.45) is 0 Å². The molecule has 0 bridgehead atoms. The minimum Gasteiger partial charge on any atom is -0.206 e. The second kappa shape index (κ2) is 3.32. The minimum atomic E-state index is 0.297. The fraction of sp³-hybridized carbons (Fsp3) is 0. The largest absolute Gasteiger partial charge is 0.253 e. The average Bonchev–Trinajstić information content (AvgIpc) is 2.53. The number of rotatable bonds is 1. The van der Waals surface area contributed by atoms with Crippen LogP contribution in [0.3, 0.4) is 0 Å². The van der Waals surface area contributed by atoms with Crippen molar-refractivity contribution in [2.75, 3.05) is 0 Å². The summed E-state index contributed by atoms with van der Waals surface area (Å²) in [6.45, 7) is 0. The number of hydrogen-bond donors (Lipinski definition) is 0. The lowest BCUT2D eigenvalue weighted by atomic mass is 10.6. The van der Waals surface area contributed by atoms with Gasteiger partial charge in [0.15, 0.2) is 0 Å². The van der Waals surface area contributed by atoms with Gasteiger partial charge >= 0.3 is 0 Å². The monoisotopic (exact) mass is 214 g/mol. The summed E-state index contributed by atoms with van der Waals surface area (Å²) in [5.41, 5.74) is 0. The van der Waals surface area contributed by atoms with Crippen LogP contribution in [0.2, 0.25) is 10.3 Å². The highest BCUT2D eigenvalue weighted by atomic mass is 35.5. The fourth-order valence-corrected chi connectivity index (χ4v) is 1.28. The molecule has 0 aromatic carbocycles. The normalized spacial score (nSPS) is 10.3. The molecule has 0 unspecified atom stereocenters. The summed E-state index contributed by atoms with van der Waals surface area (Å²) in [7, 11) is 0. The predicted octanol–water partition coefficient (Wildman–Crippen LogP) is 1.97. The highest BCUT2D eigenvalue weighted by Gasteiger charge is 2.02. The van der Waals surface area contributed by atoms with Crippen molar-refractivity contribution in [2.45, 2.75) is 0 Å². The summed E-state index contributed by atoms with van der Waals surface area (Å²) in [5.74, 6) is 0.363. The lowest BCUT2D eigenvalue weighted by Crippen LogP contribution is -2.01. The Bertz CT molecular complexity index is 392. The van der Waals surface area contributed by atoms with Crippen LogP contribution in [0.15, 0.2) is 24.5 Å². The van der Waals surface area contributed by atoms with Crippen LogP contribution in [-0.2, 0) is 0 Å². The zero-order valence-corrected chi connectivity index (χ0v) is 7.87. The first-order valence-corrected chi connectivity index (χ1v) is 4.21. The van der Waals surface area contributed by atoms with E-state index >= 15 is 0 Å². The van der Waals surface area contributed by atoms with Gasteiger partial charge in [0.25, 0.3) is 5.95 Å². The third-order valence-corrected chi connectivity index (χ3v) is 1.75. The van der Waals surface area contributed by atoms with Crippen LogP contribution in [0, 0.1) is 0 Å². The highest BCUT2D eigenvalue weighted by molar-refractivity contribution is 6.33. The van der Waals surface area contributed by atoms with Gasteiger partial charge in [0, 0.05) is 18.5 Å². The molecular weight excluding hydrogens is 211 g/mol. The van der Waals surface area contributed by atoms with E-state index in [2.05, 4.69) is 15.1 Å². The Morgan fingerprint density at radius 3 is 2.38 bits per heavy atom. The van der Waals surface area contributed by atoms with Gasteiger partial charge in [-0.2, -0.15) is 15.1 Å². The van der Waals surface area contributed by atoms with Gasteiger partial charge in [-0.3, -0.25) is 0 Å². The Kier molecular flexibility index (Phi) is 2.16. The van der Waals surface area contributed by atoms with Gasteiger partial charge in [-0.1, -0.05) is 23.2 Å². The van der Waals surface area contributed by atoms with Crippen LogP contribution in [-0.4, -0.2) is 19.7 Å². The summed E-state index contributed by atoms with van der Waals surface area (Å²) < 4.78 is 1.48. The molecule has 4 nitrogen and oxygen atoms in total. The van der Waals surface area contributed by atoms with Crippen molar-refractivity contribution in [1.82, 2.24) is 19.7 Å². The van der Waals surface area contributed by atoms with E-state index in [0.717, 1.165) is 0 Å². The Hall–Kier alpha value is -1.13. The smallest absolute Gasteiger partial charge is 0.206 e. The van der Waals surface area contributed by atoms with Crippen molar-refractivity contribution in [3.05, 3.63) is 34.8 Å². The zero-order valence-electron chi connectivity index (χ0n) is 6.35. The highest BCUT2D eigenvalue weighted by Crippen LogP contribution is 2.13. The number of hydrogen-bond acceptors (Lipinski definition) is 3. The standard InChI is InChI=1S/C7H4Cl2N4/c8-5-4-6(9)12-7(11-5)13-3-1-2-10-13/h1-4H. The van der Waals surface area contributed by atoms with Crippen LogP contribution >= 0.6 is 23.2 Å². The molecule has 0 saturated carbocycles. The van der Waals surface area contributed by atoms with E-state index in [0.29, 0.717) is 16.3 Å². The maximum Gasteiger partial charge on any atom is 0.253 e. The van der Waals surface area contributed by atoms with E-state index in [1.807, 2.05) is 0 Å². The maximum atomic E-state index is 5.69. The molecule has 66 valence electrons. The molecule has 2 aromatic heterocycles. The fourth-order valence-electron chi connectivity index (χ4n) is 0.868. The van der Waals surface area contributed by atoms with Crippen molar-refractivity contribution < 1.29 is 0 Å². The van der Waals surface area contributed by atoms with Crippen molar-refractivity contribution >= 4 is 23.2 Å². The van der Waals surface area contributed by atoms with Gasteiger partial charge in [-0.25, -0.2) is 4.68 Å². The molecule has 0 aliphatic carbocycles. The lowest BCUT2D eigenvalue weighted by Gasteiger charge is -1.99. The second-order valence-corrected chi connectivity index (χ2v) is 3.04. The third kappa shape index (κ3) is 1.79. The Morgan fingerprint density at radius 2 is 1.85 bits per heavy atom. The van der Waals surface area contributed by atoms with Crippen molar-refractivity contribution in [3.8, 4) is 5.95 Å². The van der Waals surface area contributed by atoms with E-state index in [1.165, 1.54) is 10.7 Å². The molecule has 0 spiro atoms. The van der Waals surface area contributed by atoms with Gasteiger partial charge in [0.2, 0.25) is 0 Å². The van der Waals surface area contributed by atoms with Crippen LogP contribution in [0.25, 0.3) is 5.95 Å². The topological polar surface area (TPSA) is 43.6 Å². The van der Waals surface area contributed by atoms with E-state index in [9.17, 15) is 0 Å². The number of halogens is 2. The molecule has 13 heavy (non-hydrogen) atoms. The molecule has 0 N–H and O–H groups in total. The van der Waals surface area contributed by atoms with Crippen LogP contribution < -0.4 is 0 Å². The molecular formula is C7H4Cl2N4. The number of nitrogens with zero attached hydrogens (tertiary/aromatic N) is 4. The SMILES string of the molecule is Clc1cc(Cl)nc(-n2cccn2)n1. The minimum absolute atomic E-state index is 0.297. The van der Waals surface area contributed by atoms with Gasteiger partial charge < -0.3 is 0 Å². The molecule has 6 heteroatoms. The average molecular weight is 215 g/mol. The molecule has 2 aromatic rings. The van der Waals surface area contributed by atoms with Gasteiger partial charge in [0.1, 0.15) is 10.3 Å². The van der Waals surface area contributed by atoms with Crippen molar-refractivity contribution in [1.29, 1.82) is 0 Å². The van der Waals surface area contributed by atoms with Gasteiger partial charge in [-0.05, 0) is 6.07 Å². The second-order valence-electron chi connectivity index (χ2n) is 2.26. The summed E-state index contributed by atoms with van der Waals surface area (Å²) in [6, 6.07) is 3.23. The van der Waals surface area contributed by atoms with Crippen LogP contribution in [0.5, 0.6) is 0 Å². The van der Waals surface area contributed by atoms with Gasteiger partial charge in [-0.15, -0.1) is 0 Å². The Balaban J connectivity index is 2.53. The molecule has 0 radical (unpaired) electrons. The molecule has 2 heterocycles. The van der Waals surface area contributed by atoms with Crippen LogP contribution in [0.4, 0.5) is 0 Å². The van der Waals surface area contributed by atoms with E-state index in [1.54, 1.807) is 18.5 Å². The first-order valence-electron chi connectivity index (χ1n) is 3.46. The molecule has 0 aliphatic rings. The summed E-state index contributed by atoms with van der Waals surface area (Å²) in [6.07, 6.45) is 3.33. The summed E-state index contributed by atoms with van der Waals surface area (Å²) >= 11 is 11.4.